The average Bonchev–Trinajstić information content (AvgIpc) is 1.19. The minimum Gasteiger partial charge on any atom is -1.00 e. The van der Waals surface area contributed by atoms with Crippen molar-refractivity contribution in [2.24, 2.45) is 0 Å². The van der Waals surface area contributed by atoms with Crippen molar-refractivity contribution in [3.8, 4) is 0 Å². The number of rotatable bonds is 0. The zero-order valence-corrected chi connectivity index (χ0v) is 11.0. The Morgan fingerprint density at radius 1 is 1.08 bits per heavy atom. The summed E-state index contributed by atoms with van der Waals surface area (Å²) in [5.41, 5.74) is 0. The maximum Gasteiger partial charge on any atom is 2.00 e. The van der Waals surface area contributed by atoms with Crippen LogP contribution in [0.5, 0.6) is 0 Å². The van der Waals surface area contributed by atoms with Crippen molar-refractivity contribution in [2.75, 3.05) is 0 Å². The fraction of sp³-hybridized carbons (Fsp3) is 0. The molecule has 6 N–H and O–H groups in total. The van der Waals surface area contributed by atoms with Crippen LogP contribution in [0.25, 0.3) is 0 Å². The Kier molecular flexibility index (Phi) is 38.0. The second-order valence-electron chi connectivity index (χ2n) is 0.883. The van der Waals surface area contributed by atoms with Gasteiger partial charge in [0.1, 0.15) is 0 Å². The van der Waals surface area contributed by atoms with Crippen molar-refractivity contribution in [1.82, 2.24) is 0 Å². The first-order valence-electron chi connectivity index (χ1n) is 1.55. The number of carboxylic acid groups (broad SMARTS) is 2. The molecule has 0 radical (unpaired) electrons. The molecule has 0 aromatic heterocycles. The monoisotopic (exact) mass is 254 g/mol. The molecule has 0 heterocycles. The molecule has 0 saturated heterocycles. The van der Waals surface area contributed by atoms with E-state index in [1.807, 2.05) is 0 Å². The molecule has 0 aromatic rings. The molecule has 0 aliphatic rings. The second kappa shape index (κ2) is 15.6. The first-order valence-corrected chi connectivity index (χ1v) is 3.33. The van der Waals surface area contributed by atoms with Gasteiger partial charge in [0, 0.05) is 0 Å². The summed E-state index contributed by atoms with van der Waals surface area (Å²) < 4.78 is 0. The molecule has 0 atom stereocenters. The quantitative estimate of drug-likeness (QED) is 0.236. The molecule has 0 saturated carbocycles. The second-order valence-corrected chi connectivity index (χ2v) is 2.08. The third kappa shape index (κ3) is 334. The molecular formula is CH12AlCaNaO7Si. The Labute approximate surface area is 136 Å². The Balaban J connectivity index is -0.00000000785. The Morgan fingerprint density at radius 2 is 1.08 bits per heavy atom. The standard InChI is InChI=1S/CH2O3.Al.Ca.Na.H4O4Si.6H/c2-1(3)4;;;;1-5(2,3)4;;;;;;/h(H2,2,3,4);;;;1-4H;;;;;;/q;;+2;+1;;;;;3*-1. The molecule has 0 bridgehead atoms. The molecule has 11 heteroatoms. The zero-order valence-electron chi connectivity index (χ0n) is 8.80. The van der Waals surface area contributed by atoms with Crippen LogP contribution >= 0.6 is 0 Å². The van der Waals surface area contributed by atoms with Crippen LogP contribution < -0.4 is 29.6 Å². The molecule has 7 nitrogen and oxygen atoms in total. The van der Waals surface area contributed by atoms with Crippen LogP contribution in [0.2, 0.25) is 0 Å². The Morgan fingerprint density at radius 3 is 1.08 bits per heavy atom. The number of carbonyl (C=O) groups is 1. The molecule has 0 spiro atoms. The summed E-state index contributed by atoms with van der Waals surface area (Å²) in [6.45, 7) is 0. The average molecular weight is 254 g/mol. The van der Waals surface area contributed by atoms with Crippen LogP contribution in [-0.4, -0.2) is 99.7 Å². The van der Waals surface area contributed by atoms with Gasteiger partial charge in [0.25, 0.3) is 0 Å². The van der Waals surface area contributed by atoms with Crippen LogP contribution in [0.15, 0.2) is 0 Å². The van der Waals surface area contributed by atoms with Gasteiger partial charge in [0.15, 0.2) is 17.4 Å². The van der Waals surface area contributed by atoms with Crippen LogP contribution in [0, 0.1) is 0 Å². The number of hydrogen-bond donors (Lipinski definition) is 6. The van der Waals surface area contributed by atoms with E-state index < -0.39 is 15.2 Å². The molecule has 0 unspecified atom stereocenters. The SMILES string of the molecule is O=C(O)O.O[Si](O)(O)O.[AlH3].[Ca+2].[H-].[H-].[H-].[Na+]. The first-order chi connectivity index (χ1) is 3.73. The maximum atomic E-state index is 8.56. The summed E-state index contributed by atoms with van der Waals surface area (Å²) in [4.78, 5) is 37.9. The normalized spacial score (nSPS) is 7.00. The third-order valence-corrected chi connectivity index (χ3v) is 0. The molecule has 0 amide bonds. The zero-order chi connectivity index (χ0) is 8.08. The van der Waals surface area contributed by atoms with Crippen LogP contribution in [0.3, 0.4) is 0 Å². The minimum absolute atomic E-state index is 0. The van der Waals surface area contributed by atoms with Crippen molar-refractivity contribution in [2.45, 2.75) is 0 Å². The molecule has 0 fully saturated rings. The fourth-order valence-corrected chi connectivity index (χ4v) is 0. The largest absolute Gasteiger partial charge is 2.00 e. The van der Waals surface area contributed by atoms with E-state index in [1.165, 1.54) is 0 Å². The van der Waals surface area contributed by atoms with Gasteiger partial charge in [-0.15, -0.1) is 0 Å². The van der Waals surface area contributed by atoms with Gasteiger partial charge < -0.3 is 33.7 Å². The summed E-state index contributed by atoms with van der Waals surface area (Å²) in [5.74, 6) is 0. The molecule has 0 aliphatic heterocycles. The summed E-state index contributed by atoms with van der Waals surface area (Å²) >= 11 is 0. The van der Waals surface area contributed by atoms with Gasteiger partial charge >= 0.3 is 82.5 Å². The van der Waals surface area contributed by atoms with E-state index in [-0.39, 0.29) is 88.9 Å². The van der Waals surface area contributed by atoms with Crippen LogP contribution in [0.4, 0.5) is 4.79 Å². The first kappa shape index (κ1) is 29.2. The van der Waals surface area contributed by atoms with Crippen molar-refractivity contribution in [1.29, 1.82) is 0 Å². The van der Waals surface area contributed by atoms with Gasteiger partial charge in [-0.2, -0.15) is 0 Å². The van der Waals surface area contributed by atoms with E-state index >= 15 is 0 Å². The van der Waals surface area contributed by atoms with Crippen molar-refractivity contribution in [3.63, 3.8) is 0 Å². The minimum atomic E-state index is -4.61. The predicted octanol–water partition coefficient (Wildman–Crippen LogP) is -6.61. The van der Waals surface area contributed by atoms with Crippen LogP contribution in [0.1, 0.15) is 4.28 Å². The van der Waals surface area contributed by atoms with Gasteiger partial charge in [-0.3, -0.25) is 0 Å². The third-order valence-electron chi connectivity index (χ3n) is 0. The van der Waals surface area contributed by atoms with E-state index in [2.05, 4.69) is 0 Å². The smallest absolute Gasteiger partial charge is 1.00 e. The summed E-state index contributed by atoms with van der Waals surface area (Å²) in [7, 11) is -4.61. The summed E-state index contributed by atoms with van der Waals surface area (Å²) in [5, 5.41) is 13.9. The molecule has 0 aromatic carbocycles. The van der Waals surface area contributed by atoms with E-state index in [4.69, 9.17) is 34.2 Å². The molecule has 0 rings (SSSR count). The molecule has 12 heavy (non-hydrogen) atoms. The van der Waals surface area contributed by atoms with Gasteiger partial charge in [-0.05, 0) is 0 Å². The topological polar surface area (TPSA) is 138 Å². The van der Waals surface area contributed by atoms with Crippen molar-refractivity contribution in [3.05, 3.63) is 0 Å². The van der Waals surface area contributed by atoms with Gasteiger partial charge in [0.05, 0.1) is 0 Å². The van der Waals surface area contributed by atoms with E-state index in [0.717, 1.165) is 0 Å². The van der Waals surface area contributed by atoms with Gasteiger partial charge in [-0.25, -0.2) is 4.79 Å². The van der Waals surface area contributed by atoms with Gasteiger partial charge in [0.2, 0.25) is 0 Å². The van der Waals surface area contributed by atoms with E-state index in [0.29, 0.717) is 0 Å². The summed E-state index contributed by atoms with van der Waals surface area (Å²) in [6.07, 6.45) is -1.83. The Bertz CT molecular complexity index is 96.7. The maximum absolute atomic E-state index is 8.56. The van der Waals surface area contributed by atoms with E-state index in [9.17, 15) is 0 Å². The van der Waals surface area contributed by atoms with Crippen LogP contribution in [-0.2, 0) is 0 Å². The molecular weight excluding hydrogens is 242 g/mol. The fourth-order valence-electron chi connectivity index (χ4n) is 0. The van der Waals surface area contributed by atoms with Crippen molar-refractivity contribution < 1.29 is 68.0 Å². The number of hydrogen-bond acceptors (Lipinski definition) is 5. The summed E-state index contributed by atoms with van der Waals surface area (Å²) in [6, 6.07) is 0. The van der Waals surface area contributed by atoms with E-state index in [1.54, 1.807) is 0 Å². The predicted molar refractivity (Wildman–Crippen MR) is 44.3 cm³/mol. The molecule has 68 valence electrons. The van der Waals surface area contributed by atoms with Crippen molar-refractivity contribution >= 4 is 70.3 Å². The molecule has 0 aliphatic carbocycles. The van der Waals surface area contributed by atoms with Gasteiger partial charge in [-0.1, -0.05) is 0 Å². The Hall–Kier alpha value is 2.12.